The summed E-state index contributed by atoms with van der Waals surface area (Å²) in [5.41, 5.74) is 0.532. The first-order valence-corrected chi connectivity index (χ1v) is 8.67. The molecular weight excluding hydrogens is 296 g/mol. The molecule has 1 aromatic heterocycles. The summed E-state index contributed by atoms with van der Waals surface area (Å²) in [4.78, 5) is 27.2. The summed E-state index contributed by atoms with van der Waals surface area (Å²) < 4.78 is 0. The third-order valence-electron chi connectivity index (χ3n) is 3.12. The predicted molar refractivity (Wildman–Crippen MR) is 91.7 cm³/mol. The van der Waals surface area contributed by atoms with Crippen molar-refractivity contribution < 1.29 is 9.59 Å². The number of hydrogen-bond acceptors (Lipinski definition) is 4. The fourth-order valence-corrected chi connectivity index (χ4v) is 2.46. The number of carbonyl (C=O) groups is 2. The lowest BCUT2D eigenvalue weighted by Gasteiger charge is -2.02. The Hall–Kier alpha value is -1.62. The number of nitrogens with zero attached hydrogens (tertiary/aromatic N) is 1. The summed E-state index contributed by atoms with van der Waals surface area (Å²) in [6.07, 6.45) is 11.7. The Morgan fingerprint density at radius 3 is 2.73 bits per heavy atom. The summed E-state index contributed by atoms with van der Waals surface area (Å²) >= 11 is 0.990. The van der Waals surface area contributed by atoms with Crippen molar-refractivity contribution in [2.75, 3.05) is 6.54 Å². The van der Waals surface area contributed by atoms with Crippen LogP contribution in [0.4, 0.5) is 0 Å². The van der Waals surface area contributed by atoms with Crippen LogP contribution in [-0.2, 0) is 4.79 Å². The number of unbranched alkanes of at least 4 members (excludes halogenated alkanes) is 5. The van der Waals surface area contributed by atoms with Gasteiger partial charge in [-0.25, -0.2) is 0 Å². The highest BCUT2D eigenvalue weighted by Gasteiger charge is 2.04. The minimum atomic E-state index is -0.153. The van der Waals surface area contributed by atoms with Crippen molar-refractivity contribution >= 4 is 22.8 Å². The molecule has 0 fully saturated rings. The molecule has 0 aliphatic carbocycles. The van der Waals surface area contributed by atoms with Crippen LogP contribution >= 0.6 is 11.8 Å². The van der Waals surface area contributed by atoms with Crippen LogP contribution in [0, 0.1) is 0 Å². The molecule has 0 aliphatic heterocycles. The van der Waals surface area contributed by atoms with Gasteiger partial charge in [-0.15, -0.1) is 0 Å². The molecule has 1 heterocycles. The molecule has 1 amide bonds. The third-order valence-corrected chi connectivity index (χ3v) is 3.84. The Bertz CT molecular complexity index is 475. The summed E-state index contributed by atoms with van der Waals surface area (Å²) in [6.45, 7) is 2.89. The van der Waals surface area contributed by atoms with Crippen molar-refractivity contribution in [3.05, 3.63) is 41.6 Å². The number of amides is 1. The van der Waals surface area contributed by atoms with Gasteiger partial charge in [0.1, 0.15) is 0 Å². The van der Waals surface area contributed by atoms with E-state index in [2.05, 4.69) is 17.2 Å². The molecule has 120 valence electrons. The molecule has 0 saturated carbocycles. The van der Waals surface area contributed by atoms with Gasteiger partial charge in [0.25, 0.3) is 0 Å². The van der Waals surface area contributed by atoms with Crippen LogP contribution in [0.3, 0.4) is 0 Å². The van der Waals surface area contributed by atoms with Crippen LogP contribution in [0.5, 0.6) is 0 Å². The number of thioether (sulfide) groups is 1. The Kier molecular flexibility index (Phi) is 10.0. The van der Waals surface area contributed by atoms with E-state index in [1.165, 1.54) is 43.4 Å². The highest BCUT2D eigenvalue weighted by atomic mass is 32.2. The lowest BCUT2D eigenvalue weighted by atomic mass is 10.1. The molecule has 1 aromatic rings. The number of nitrogens with one attached hydrogen (secondary N) is 1. The van der Waals surface area contributed by atoms with Crippen molar-refractivity contribution in [2.24, 2.45) is 0 Å². The first-order valence-electron chi connectivity index (χ1n) is 7.79. The molecule has 22 heavy (non-hydrogen) atoms. The molecule has 0 atom stereocenters. The maximum Gasteiger partial charge on any atom is 0.244 e. The average molecular weight is 320 g/mol. The molecule has 0 saturated heterocycles. The second kappa shape index (κ2) is 12.0. The van der Waals surface area contributed by atoms with Gasteiger partial charge in [0, 0.05) is 30.6 Å². The lowest BCUT2D eigenvalue weighted by Crippen LogP contribution is -2.21. The van der Waals surface area contributed by atoms with E-state index in [9.17, 15) is 9.59 Å². The van der Waals surface area contributed by atoms with E-state index < -0.39 is 0 Å². The summed E-state index contributed by atoms with van der Waals surface area (Å²) in [5.74, 6) is -0.153. The summed E-state index contributed by atoms with van der Waals surface area (Å²) in [5, 5.41) is 4.23. The van der Waals surface area contributed by atoms with Crippen molar-refractivity contribution in [1.82, 2.24) is 10.3 Å². The van der Waals surface area contributed by atoms with Gasteiger partial charge in [-0.1, -0.05) is 50.8 Å². The number of rotatable bonds is 10. The van der Waals surface area contributed by atoms with E-state index in [1.54, 1.807) is 18.3 Å². The number of aromatic nitrogens is 1. The second-order valence-corrected chi connectivity index (χ2v) is 5.89. The molecule has 0 aliphatic rings. The van der Waals surface area contributed by atoms with Crippen LogP contribution in [-0.4, -0.2) is 22.6 Å². The van der Waals surface area contributed by atoms with Crippen LogP contribution in [0.25, 0.3) is 0 Å². The summed E-state index contributed by atoms with van der Waals surface area (Å²) in [7, 11) is 0. The topological polar surface area (TPSA) is 59.1 Å². The van der Waals surface area contributed by atoms with Gasteiger partial charge in [0.05, 0.1) is 0 Å². The van der Waals surface area contributed by atoms with E-state index in [-0.39, 0.29) is 11.0 Å². The summed E-state index contributed by atoms with van der Waals surface area (Å²) in [6, 6.07) is 3.42. The predicted octanol–water partition coefficient (Wildman–Crippen LogP) is 3.95. The fourth-order valence-electron chi connectivity index (χ4n) is 1.89. The van der Waals surface area contributed by atoms with Crippen molar-refractivity contribution in [3.8, 4) is 0 Å². The normalized spacial score (nSPS) is 10.8. The Balaban J connectivity index is 2.10. The fraction of sp³-hybridized carbons (Fsp3) is 0.471. The first kappa shape index (κ1) is 18.4. The zero-order valence-electron chi connectivity index (χ0n) is 13.1. The van der Waals surface area contributed by atoms with E-state index >= 15 is 0 Å². The third kappa shape index (κ3) is 8.62. The molecule has 1 rings (SSSR count). The van der Waals surface area contributed by atoms with E-state index in [4.69, 9.17) is 0 Å². The zero-order valence-corrected chi connectivity index (χ0v) is 13.9. The van der Waals surface area contributed by atoms with Gasteiger partial charge in [-0.05, 0) is 24.0 Å². The average Bonchev–Trinajstić information content (AvgIpc) is 2.54. The smallest absolute Gasteiger partial charge is 0.244 e. The van der Waals surface area contributed by atoms with E-state index in [1.807, 2.05) is 0 Å². The molecule has 4 nitrogen and oxygen atoms in total. The second-order valence-electron chi connectivity index (χ2n) is 5.01. The quantitative estimate of drug-likeness (QED) is 0.524. The largest absolute Gasteiger partial charge is 0.353 e. The minimum absolute atomic E-state index is 0.118. The molecule has 1 N–H and O–H groups in total. The van der Waals surface area contributed by atoms with Crippen molar-refractivity contribution in [3.63, 3.8) is 0 Å². The maximum atomic E-state index is 11.8. The molecular formula is C17H24N2O2S. The highest BCUT2D eigenvalue weighted by molar-refractivity contribution is 8.16. The Labute approximate surface area is 136 Å². The van der Waals surface area contributed by atoms with Gasteiger partial charge in [-0.2, -0.15) is 0 Å². The van der Waals surface area contributed by atoms with Crippen molar-refractivity contribution in [1.29, 1.82) is 0 Å². The first-order chi connectivity index (χ1) is 10.7. The van der Waals surface area contributed by atoms with Gasteiger partial charge >= 0.3 is 0 Å². The van der Waals surface area contributed by atoms with Crippen LogP contribution in [0.2, 0.25) is 0 Å². The molecule has 0 bridgehead atoms. The molecule has 0 radical (unpaired) electrons. The van der Waals surface area contributed by atoms with Gasteiger partial charge in [-0.3, -0.25) is 14.6 Å². The number of carbonyl (C=O) groups excluding carboxylic acids is 2. The standard InChI is InChI=1S/C17H24N2O2S/c1-2-3-4-5-6-7-12-19-16(20)10-13-22-17(21)15-9-8-11-18-14-15/h8-11,13-14H,2-7,12H2,1H3,(H,19,20). The highest BCUT2D eigenvalue weighted by Crippen LogP contribution is 2.12. The van der Waals surface area contributed by atoms with Crippen LogP contribution in [0.15, 0.2) is 36.0 Å². The number of pyridine rings is 1. The molecule has 0 unspecified atom stereocenters. The van der Waals surface area contributed by atoms with Gasteiger partial charge < -0.3 is 5.32 Å². The van der Waals surface area contributed by atoms with Crippen molar-refractivity contribution in [2.45, 2.75) is 45.4 Å². The van der Waals surface area contributed by atoms with Crippen LogP contribution in [0.1, 0.15) is 55.8 Å². The molecule has 0 aromatic carbocycles. The minimum Gasteiger partial charge on any atom is -0.353 e. The Morgan fingerprint density at radius 2 is 2.00 bits per heavy atom. The van der Waals surface area contributed by atoms with Crippen LogP contribution < -0.4 is 5.32 Å². The van der Waals surface area contributed by atoms with Gasteiger partial charge in [0.15, 0.2) is 0 Å². The maximum absolute atomic E-state index is 11.8. The van der Waals surface area contributed by atoms with E-state index in [0.717, 1.165) is 24.6 Å². The number of hydrogen-bond donors (Lipinski definition) is 1. The Morgan fingerprint density at radius 1 is 1.23 bits per heavy atom. The monoisotopic (exact) mass is 320 g/mol. The molecule has 5 heteroatoms. The van der Waals surface area contributed by atoms with Gasteiger partial charge in [0.2, 0.25) is 11.0 Å². The lowest BCUT2D eigenvalue weighted by molar-refractivity contribution is -0.116. The SMILES string of the molecule is CCCCCCCCNC(=O)C=CSC(=O)c1cccnc1. The van der Waals surface area contributed by atoms with E-state index in [0.29, 0.717) is 12.1 Å². The zero-order chi connectivity index (χ0) is 16.0. The molecule has 0 spiro atoms.